The second-order valence-electron chi connectivity index (χ2n) is 7.95. The van der Waals surface area contributed by atoms with Crippen molar-refractivity contribution in [3.63, 3.8) is 0 Å². The molecule has 0 aliphatic carbocycles. The number of ether oxygens (including phenoxy) is 2. The average molecular weight is 479 g/mol. The molecule has 0 saturated carbocycles. The van der Waals surface area contributed by atoms with Crippen LogP contribution in [0.15, 0.2) is 66.5 Å². The van der Waals surface area contributed by atoms with Crippen LogP contribution < -0.4 is 14.4 Å². The molecule has 0 N–H and O–H groups in total. The summed E-state index contributed by atoms with van der Waals surface area (Å²) >= 11 is 1.38. The third-order valence-electron chi connectivity index (χ3n) is 5.78. The van der Waals surface area contributed by atoms with Gasteiger partial charge in [0.2, 0.25) is 5.91 Å². The lowest BCUT2D eigenvalue weighted by atomic mass is 10.2. The van der Waals surface area contributed by atoms with Crippen LogP contribution in [0.1, 0.15) is 11.9 Å². The highest BCUT2D eigenvalue weighted by molar-refractivity contribution is 7.99. The molecule has 10 heteroatoms. The van der Waals surface area contributed by atoms with Gasteiger partial charge in [0.25, 0.3) is 0 Å². The number of amides is 1. The maximum Gasteiger partial charge on any atom is 0.233 e. The van der Waals surface area contributed by atoms with E-state index in [1.165, 1.54) is 11.8 Å². The third-order valence-corrected chi connectivity index (χ3v) is 6.74. The molecular weight excluding hydrogens is 452 g/mol. The van der Waals surface area contributed by atoms with Crippen molar-refractivity contribution >= 4 is 23.5 Å². The molecule has 0 bridgehead atoms. The third kappa shape index (κ3) is 4.72. The zero-order valence-electron chi connectivity index (χ0n) is 18.7. The lowest BCUT2D eigenvalue weighted by Gasteiger charge is -2.35. The summed E-state index contributed by atoms with van der Waals surface area (Å²) in [5.74, 6) is 3.40. The highest BCUT2D eigenvalue weighted by Crippen LogP contribution is 2.36. The number of thioether (sulfide) groups is 1. The molecule has 2 aliphatic rings. The van der Waals surface area contributed by atoms with Crippen molar-refractivity contribution in [2.24, 2.45) is 0 Å². The summed E-state index contributed by atoms with van der Waals surface area (Å²) in [5, 5.41) is 9.37. The van der Waals surface area contributed by atoms with Gasteiger partial charge in [-0.15, -0.1) is 16.8 Å². The Kier molecular flexibility index (Phi) is 6.66. The van der Waals surface area contributed by atoms with E-state index in [0.717, 1.165) is 24.7 Å². The molecule has 1 amide bonds. The quantitative estimate of drug-likeness (QED) is 0.379. The fraction of sp³-hybridized carbons (Fsp3) is 0.333. The Bertz CT molecular complexity index is 1150. The molecule has 2 aliphatic heterocycles. The zero-order chi connectivity index (χ0) is 23.3. The molecule has 0 radical (unpaired) electrons. The molecule has 0 spiro atoms. The number of benzene rings is 1. The van der Waals surface area contributed by atoms with Gasteiger partial charge in [0, 0.05) is 38.9 Å². The summed E-state index contributed by atoms with van der Waals surface area (Å²) < 4.78 is 13.9. The number of allylic oxidation sites excluding steroid dienone is 1. The molecule has 1 unspecified atom stereocenters. The predicted molar refractivity (Wildman–Crippen MR) is 129 cm³/mol. The Morgan fingerprint density at radius 1 is 1.09 bits per heavy atom. The summed E-state index contributed by atoms with van der Waals surface area (Å²) in [6, 6.07) is 13.4. The largest absolute Gasteiger partial charge is 0.485 e. The van der Waals surface area contributed by atoms with Crippen LogP contribution >= 0.6 is 11.8 Å². The van der Waals surface area contributed by atoms with E-state index < -0.39 is 0 Å². The molecule has 1 atom stereocenters. The number of piperazine rings is 1. The van der Waals surface area contributed by atoms with Gasteiger partial charge >= 0.3 is 0 Å². The standard InChI is InChI=1S/C24H26N6O3S/c1-2-11-30-23(20-16-32-18-7-3-4-8-19(18)33-20)26-27-24(30)34-17-22(31)29-14-12-28(13-15-29)21-9-5-6-10-25-21/h2-10,20H,1,11-17H2. The fourth-order valence-electron chi connectivity index (χ4n) is 4.04. The Labute approximate surface area is 202 Å². The monoisotopic (exact) mass is 478 g/mol. The Morgan fingerprint density at radius 3 is 2.65 bits per heavy atom. The summed E-state index contributed by atoms with van der Waals surface area (Å²) in [7, 11) is 0. The van der Waals surface area contributed by atoms with Crippen molar-refractivity contribution in [1.82, 2.24) is 24.6 Å². The van der Waals surface area contributed by atoms with Crippen molar-refractivity contribution in [2.45, 2.75) is 17.8 Å². The molecule has 1 saturated heterocycles. The lowest BCUT2D eigenvalue weighted by Crippen LogP contribution is -2.49. The molecule has 1 fully saturated rings. The highest BCUT2D eigenvalue weighted by Gasteiger charge is 2.29. The number of nitrogens with zero attached hydrogens (tertiary/aromatic N) is 6. The van der Waals surface area contributed by atoms with Crippen molar-refractivity contribution in [3.8, 4) is 11.5 Å². The minimum Gasteiger partial charge on any atom is -0.485 e. The van der Waals surface area contributed by atoms with Crippen LogP contribution in [0.25, 0.3) is 0 Å². The SMILES string of the molecule is C=CCn1c(SCC(=O)N2CCN(c3ccccn3)CC2)nnc1C1COc2ccccc2O1. The number of para-hydroxylation sites is 2. The second-order valence-corrected chi connectivity index (χ2v) is 8.89. The Hall–Kier alpha value is -3.53. The van der Waals surface area contributed by atoms with Gasteiger partial charge in [0.05, 0.1) is 5.75 Å². The first-order valence-corrected chi connectivity index (χ1v) is 12.2. The van der Waals surface area contributed by atoms with Gasteiger partial charge in [-0.1, -0.05) is 36.0 Å². The first kappa shape index (κ1) is 22.3. The zero-order valence-corrected chi connectivity index (χ0v) is 19.6. The van der Waals surface area contributed by atoms with Gasteiger partial charge < -0.3 is 19.3 Å². The first-order chi connectivity index (χ1) is 16.7. The van der Waals surface area contributed by atoms with Gasteiger partial charge in [-0.3, -0.25) is 9.36 Å². The summed E-state index contributed by atoms with van der Waals surface area (Å²) in [6.07, 6.45) is 3.19. The number of hydrogen-bond acceptors (Lipinski definition) is 8. The van der Waals surface area contributed by atoms with Crippen LogP contribution in [0.2, 0.25) is 0 Å². The topological polar surface area (TPSA) is 85.6 Å². The Balaban J connectivity index is 1.20. The average Bonchev–Trinajstić information content (AvgIpc) is 3.30. The van der Waals surface area contributed by atoms with Crippen molar-refractivity contribution in [1.29, 1.82) is 0 Å². The smallest absolute Gasteiger partial charge is 0.233 e. The summed E-state index contributed by atoms with van der Waals surface area (Å²) in [6.45, 7) is 7.60. The molecule has 1 aromatic carbocycles. The van der Waals surface area contributed by atoms with E-state index in [4.69, 9.17) is 9.47 Å². The number of pyridine rings is 1. The number of aromatic nitrogens is 4. The molecule has 34 heavy (non-hydrogen) atoms. The summed E-state index contributed by atoms with van der Waals surface area (Å²) in [5.41, 5.74) is 0. The van der Waals surface area contributed by atoms with Gasteiger partial charge in [-0.25, -0.2) is 4.98 Å². The normalized spacial score (nSPS) is 17.5. The van der Waals surface area contributed by atoms with Crippen LogP contribution in [0.4, 0.5) is 5.82 Å². The molecule has 5 rings (SSSR count). The predicted octanol–water partition coefficient (Wildman–Crippen LogP) is 2.81. The van der Waals surface area contributed by atoms with Gasteiger partial charge in [0.15, 0.2) is 28.6 Å². The number of fused-ring (bicyclic) bond motifs is 1. The van der Waals surface area contributed by atoms with E-state index in [9.17, 15) is 4.79 Å². The van der Waals surface area contributed by atoms with Gasteiger partial charge in [-0.2, -0.15) is 0 Å². The molecule has 4 heterocycles. The minimum atomic E-state index is -0.382. The second kappa shape index (κ2) is 10.2. The maximum atomic E-state index is 12.9. The van der Waals surface area contributed by atoms with E-state index in [2.05, 4.69) is 26.7 Å². The minimum absolute atomic E-state index is 0.0894. The van der Waals surface area contributed by atoms with Crippen LogP contribution in [0.5, 0.6) is 11.5 Å². The van der Waals surface area contributed by atoms with E-state index in [-0.39, 0.29) is 12.0 Å². The fourth-order valence-corrected chi connectivity index (χ4v) is 4.89. The summed E-state index contributed by atoms with van der Waals surface area (Å²) in [4.78, 5) is 21.4. The van der Waals surface area contributed by atoms with Crippen molar-refractivity contribution in [3.05, 3.63) is 67.1 Å². The lowest BCUT2D eigenvalue weighted by molar-refractivity contribution is -0.128. The van der Waals surface area contributed by atoms with Crippen LogP contribution in [0, 0.1) is 0 Å². The number of rotatable bonds is 7. The number of carbonyl (C=O) groups is 1. The number of carbonyl (C=O) groups excluding carboxylic acids is 1. The highest BCUT2D eigenvalue weighted by atomic mass is 32.2. The van der Waals surface area contributed by atoms with E-state index >= 15 is 0 Å². The molecule has 176 valence electrons. The van der Waals surface area contributed by atoms with E-state index in [1.54, 1.807) is 12.3 Å². The molecule has 3 aromatic rings. The van der Waals surface area contributed by atoms with Gasteiger partial charge in [0.1, 0.15) is 12.4 Å². The van der Waals surface area contributed by atoms with E-state index in [1.807, 2.05) is 51.9 Å². The number of hydrogen-bond donors (Lipinski definition) is 0. The van der Waals surface area contributed by atoms with Crippen LogP contribution in [-0.2, 0) is 11.3 Å². The first-order valence-electron chi connectivity index (χ1n) is 11.2. The van der Waals surface area contributed by atoms with Crippen LogP contribution in [0.3, 0.4) is 0 Å². The molecule has 2 aromatic heterocycles. The van der Waals surface area contributed by atoms with Crippen molar-refractivity contribution in [2.75, 3.05) is 43.4 Å². The van der Waals surface area contributed by atoms with Gasteiger partial charge in [-0.05, 0) is 24.3 Å². The molecule has 9 nitrogen and oxygen atoms in total. The van der Waals surface area contributed by atoms with Crippen molar-refractivity contribution < 1.29 is 14.3 Å². The maximum absolute atomic E-state index is 12.9. The van der Waals surface area contributed by atoms with Crippen LogP contribution in [-0.4, -0.2) is 69.1 Å². The van der Waals surface area contributed by atoms with E-state index in [0.29, 0.717) is 48.7 Å². The number of anilines is 1. The molecular formula is C24H26N6O3S. The Morgan fingerprint density at radius 2 is 1.88 bits per heavy atom.